The third kappa shape index (κ3) is 5.74. The zero-order valence-corrected chi connectivity index (χ0v) is 10.3. The first-order chi connectivity index (χ1) is 7.92. The van der Waals surface area contributed by atoms with Crippen molar-refractivity contribution in [1.29, 1.82) is 0 Å². The van der Waals surface area contributed by atoms with Crippen LogP contribution in [0.4, 0.5) is 4.79 Å². The van der Waals surface area contributed by atoms with Crippen LogP contribution in [0.3, 0.4) is 0 Å². The van der Waals surface area contributed by atoms with Crippen LogP contribution in [-0.4, -0.2) is 54.6 Å². The van der Waals surface area contributed by atoms with E-state index in [1.54, 1.807) is 6.92 Å². The molecule has 0 saturated carbocycles. The number of carboxylic acids is 1. The van der Waals surface area contributed by atoms with Crippen LogP contribution in [0, 0.1) is 5.92 Å². The van der Waals surface area contributed by atoms with Crippen molar-refractivity contribution in [2.24, 2.45) is 5.92 Å². The topological polar surface area (TPSA) is 98.7 Å². The van der Waals surface area contributed by atoms with Gasteiger partial charge < -0.3 is 20.6 Å². The molecule has 0 aromatic heterocycles. The highest BCUT2D eigenvalue weighted by molar-refractivity contribution is 5.84. The molecule has 3 amide bonds. The van der Waals surface area contributed by atoms with E-state index in [0.717, 1.165) is 0 Å². The van der Waals surface area contributed by atoms with Gasteiger partial charge in [0.15, 0.2) is 0 Å². The van der Waals surface area contributed by atoms with Gasteiger partial charge in [0.1, 0.15) is 6.54 Å². The number of hydrogen-bond donors (Lipinski definition) is 3. The molecule has 0 radical (unpaired) electrons. The van der Waals surface area contributed by atoms with Crippen LogP contribution in [0.5, 0.6) is 0 Å². The number of carboxylic acid groups (broad SMARTS) is 1. The summed E-state index contributed by atoms with van der Waals surface area (Å²) in [5.74, 6) is -1.90. The SMILES string of the molecule is CCN(CC(=O)NC)C(=O)NCC(C)C(=O)O. The van der Waals surface area contributed by atoms with Gasteiger partial charge in [-0.15, -0.1) is 0 Å². The lowest BCUT2D eigenvalue weighted by Crippen LogP contribution is -2.46. The minimum atomic E-state index is -0.973. The van der Waals surface area contributed by atoms with E-state index in [-0.39, 0.29) is 19.0 Å². The molecule has 7 nitrogen and oxygen atoms in total. The Morgan fingerprint density at radius 2 is 1.94 bits per heavy atom. The zero-order valence-electron chi connectivity index (χ0n) is 10.3. The predicted molar refractivity (Wildman–Crippen MR) is 61.5 cm³/mol. The second-order valence-electron chi connectivity index (χ2n) is 3.61. The smallest absolute Gasteiger partial charge is 0.317 e. The van der Waals surface area contributed by atoms with E-state index in [2.05, 4.69) is 10.6 Å². The highest BCUT2D eigenvalue weighted by atomic mass is 16.4. The fraction of sp³-hybridized carbons (Fsp3) is 0.700. The van der Waals surface area contributed by atoms with Crippen molar-refractivity contribution in [3.63, 3.8) is 0 Å². The van der Waals surface area contributed by atoms with E-state index in [4.69, 9.17) is 5.11 Å². The maximum absolute atomic E-state index is 11.6. The van der Waals surface area contributed by atoms with Gasteiger partial charge in [0.25, 0.3) is 0 Å². The first-order valence-corrected chi connectivity index (χ1v) is 5.38. The van der Waals surface area contributed by atoms with Gasteiger partial charge in [0.05, 0.1) is 5.92 Å². The summed E-state index contributed by atoms with van der Waals surface area (Å²) in [4.78, 5) is 34.5. The van der Waals surface area contributed by atoms with E-state index >= 15 is 0 Å². The van der Waals surface area contributed by atoms with E-state index in [9.17, 15) is 14.4 Å². The Morgan fingerprint density at radius 1 is 1.35 bits per heavy atom. The fourth-order valence-corrected chi connectivity index (χ4v) is 1.02. The monoisotopic (exact) mass is 245 g/mol. The van der Waals surface area contributed by atoms with Gasteiger partial charge in [-0.2, -0.15) is 0 Å². The molecule has 0 bridgehead atoms. The molecule has 0 aliphatic heterocycles. The lowest BCUT2D eigenvalue weighted by Gasteiger charge is -2.21. The number of rotatable bonds is 6. The summed E-state index contributed by atoms with van der Waals surface area (Å²) in [5, 5.41) is 13.5. The molecule has 98 valence electrons. The van der Waals surface area contributed by atoms with Crippen molar-refractivity contribution in [2.75, 3.05) is 26.7 Å². The van der Waals surface area contributed by atoms with Crippen LogP contribution in [0.1, 0.15) is 13.8 Å². The number of urea groups is 1. The number of carbonyl (C=O) groups excluding carboxylic acids is 2. The Balaban J connectivity index is 4.17. The van der Waals surface area contributed by atoms with Gasteiger partial charge in [0, 0.05) is 20.1 Å². The third-order valence-corrected chi connectivity index (χ3v) is 2.26. The standard InChI is InChI=1S/C10H19N3O4/c1-4-13(6-8(14)11-3)10(17)12-5-7(2)9(15)16/h7H,4-6H2,1-3H3,(H,11,14)(H,12,17)(H,15,16). The average molecular weight is 245 g/mol. The molecule has 0 spiro atoms. The number of carbonyl (C=O) groups is 3. The molecule has 0 heterocycles. The second-order valence-corrected chi connectivity index (χ2v) is 3.61. The van der Waals surface area contributed by atoms with Crippen LogP contribution < -0.4 is 10.6 Å². The Labute approximate surface area is 100 Å². The van der Waals surface area contributed by atoms with Crippen LogP contribution >= 0.6 is 0 Å². The summed E-state index contributed by atoms with van der Waals surface area (Å²) in [6, 6.07) is -0.441. The molecule has 0 fully saturated rings. The number of aliphatic carboxylic acids is 1. The lowest BCUT2D eigenvalue weighted by molar-refractivity contribution is -0.140. The average Bonchev–Trinajstić information content (AvgIpc) is 2.31. The molecule has 0 aliphatic rings. The normalized spacial score (nSPS) is 11.5. The molecule has 0 aromatic rings. The summed E-state index contributed by atoms with van der Waals surface area (Å²) in [6.07, 6.45) is 0. The van der Waals surface area contributed by atoms with Gasteiger partial charge in [0.2, 0.25) is 5.91 Å². The number of hydrogen-bond acceptors (Lipinski definition) is 3. The quantitative estimate of drug-likeness (QED) is 0.586. The fourth-order valence-electron chi connectivity index (χ4n) is 1.02. The first kappa shape index (κ1) is 15.2. The highest BCUT2D eigenvalue weighted by Gasteiger charge is 2.17. The van der Waals surface area contributed by atoms with E-state index < -0.39 is 17.9 Å². The van der Waals surface area contributed by atoms with Crippen LogP contribution in [0.25, 0.3) is 0 Å². The van der Waals surface area contributed by atoms with Gasteiger partial charge in [-0.3, -0.25) is 9.59 Å². The molecule has 1 atom stereocenters. The van der Waals surface area contributed by atoms with Crippen LogP contribution in [0.2, 0.25) is 0 Å². The number of nitrogens with zero attached hydrogens (tertiary/aromatic N) is 1. The van der Waals surface area contributed by atoms with Crippen molar-refractivity contribution in [3.05, 3.63) is 0 Å². The zero-order chi connectivity index (χ0) is 13.4. The minimum Gasteiger partial charge on any atom is -0.481 e. The molecule has 0 rings (SSSR count). The van der Waals surface area contributed by atoms with Gasteiger partial charge in [-0.25, -0.2) is 4.79 Å². The number of amides is 3. The molecule has 1 unspecified atom stereocenters. The van der Waals surface area contributed by atoms with Crippen molar-refractivity contribution >= 4 is 17.9 Å². The van der Waals surface area contributed by atoms with Crippen molar-refractivity contribution in [3.8, 4) is 0 Å². The van der Waals surface area contributed by atoms with Crippen molar-refractivity contribution in [1.82, 2.24) is 15.5 Å². The van der Waals surface area contributed by atoms with Crippen molar-refractivity contribution in [2.45, 2.75) is 13.8 Å². The van der Waals surface area contributed by atoms with E-state index in [1.165, 1.54) is 18.9 Å². The first-order valence-electron chi connectivity index (χ1n) is 5.38. The Morgan fingerprint density at radius 3 is 2.35 bits per heavy atom. The molecule has 0 saturated heterocycles. The number of likely N-dealkylation sites (N-methyl/N-ethyl adjacent to an activating group) is 2. The Bertz CT molecular complexity index is 293. The summed E-state index contributed by atoms with van der Waals surface area (Å²) < 4.78 is 0. The summed E-state index contributed by atoms with van der Waals surface area (Å²) in [5.41, 5.74) is 0. The summed E-state index contributed by atoms with van der Waals surface area (Å²) in [7, 11) is 1.49. The second kappa shape index (κ2) is 7.48. The molecule has 3 N–H and O–H groups in total. The summed E-state index contributed by atoms with van der Waals surface area (Å²) in [6.45, 7) is 3.61. The highest BCUT2D eigenvalue weighted by Crippen LogP contribution is 1.94. The molecule has 0 aromatic carbocycles. The Hall–Kier alpha value is -1.79. The van der Waals surface area contributed by atoms with Crippen LogP contribution in [-0.2, 0) is 9.59 Å². The van der Waals surface area contributed by atoms with Gasteiger partial charge >= 0.3 is 12.0 Å². The van der Waals surface area contributed by atoms with E-state index in [0.29, 0.717) is 6.54 Å². The maximum atomic E-state index is 11.6. The molecule has 0 aliphatic carbocycles. The Kier molecular flexibility index (Phi) is 6.69. The third-order valence-electron chi connectivity index (χ3n) is 2.26. The predicted octanol–water partition coefficient (Wildman–Crippen LogP) is -0.515. The lowest BCUT2D eigenvalue weighted by atomic mass is 10.2. The molecular weight excluding hydrogens is 226 g/mol. The molecule has 17 heavy (non-hydrogen) atoms. The van der Waals surface area contributed by atoms with Crippen molar-refractivity contribution < 1.29 is 19.5 Å². The van der Waals surface area contributed by atoms with Gasteiger partial charge in [-0.1, -0.05) is 6.92 Å². The maximum Gasteiger partial charge on any atom is 0.317 e. The number of nitrogens with one attached hydrogen (secondary N) is 2. The van der Waals surface area contributed by atoms with Crippen LogP contribution in [0.15, 0.2) is 0 Å². The molecular formula is C10H19N3O4. The van der Waals surface area contributed by atoms with Gasteiger partial charge in [-0.05, 0) is 6.92 Å². The largest absolute Gasteiger partial charge is 0.481 e. The minimum absolute atomic E-state index is 0.0401. The molecule has 7 heteroatoms. The summed E-state index contributed by atoms with van der Waals surface area (Å²) >= 11 is 0. The van der Waals surface area contributed by atoms with E-state index in [1.807, 2.05) is 0 Å².